The molecule has 0 aliphatic heterocycles. The lowest BCUT2D eigenvalue weighted by Gasteiger charge is -2.11. The van der Waals surface area contributed by atoms with Crippen LogP contribution in [0.25, 0.3) is 0 Å². The highest BCUT2D eigenvalue weighted by Crippen LogP contribution is 2.24. The van der Waals surface area contributed by atoms with Crippen molar-refractivity contribution in [3.8, 4) is 0 Å². The van der Waals surface area contributed by atoms with Gasteiger partial charge >= 0.3 is 4.87 Å². The molecule has 1 heterocycles. The van der Waals surface area contributed by atoms with Gasteiger partial charge < -0.3 is 10.4 Å². The standard InChI is InChI=1S/C12H18N2O3S/c1-8-7-18-12(17)14(8)6-11(16)13-5-9-2-3-10(15)4-9/h7,9-10,15H,2-6H2,1H3,(H,13,16). The molecule has 1 saturated carbocycles. The fourth-order valence-corrected chi connectivity index (χ4v) is 3.02. The smallest absolute Gasteiger partial charge is 0.307 e. The van der Waals surface area contributed by atoms with Gasteiger partial charge in [0, 0.05) is 17.6 Å². The molecule has 100 valence electrons. The van der Waals surface area contributed by atoms with Crippen molar-refractivity contribution in [3.63, 3.8) is 0 Å². The number of aliphatic hydroxyl groups is 1. The molecule has 0 spiro atoms. The minimum absolute atomic E-state index is 0.0867. The number of nitrogens with one attached hydrogen (secondary N) is 1. The van der Waals surface area contributed by atoms with Crippen molar-refractivity contribution in [2.24, 2.45) is 5.92 Å². The van der Waals surface area contributed by atoms with Gasteiger partial charge in [-0.2, -0.15) is 0 Å². The fourth-order valence-electron chi connectivity index (χ4n) is 2.29. The molecule has 0 radical (unpaired) electrons. The van der Waals surface area contributed by atoms with Gasteiger partial charge in [0.2, 0.25) is 5.91 Å². The minimum atomic E-state index is -0.214. The molecule has 0 aromatic carbocycles. The zero-order valence-corrected chi connectivity index (χ0v) is 11.2. The molecule has 1 fully saturated rings. The zero-order valence-electron chi connectivity index (χ0n) is 10.4. The van der Waals surface area contributed by atoms with Gasteiger partial charge in [-0.25, -0.2) is 0 Å². The van der Waals surface area contributed by atoms with Gasteiger partial charge in [-0.3, -0.25) is 14.2 Å². The van der Waals surface area contributed by atoms with Gasteiger partial charge in [-0.1, -0.05) is 11.3 Å². The second kappa shape index (κ2) is 5.67. The van der Waals surface area contributed by atoms with E-state index in [0.717, 1.165) is 36.3 Å². The maximum absolute atomic E-state index is 11.7. The molecule has 2 unspecified atom stereocenters. The highest BCUT2D eigenvalue weighted by Gasteiger charge is 2.23. The molecule has 1 aliphatic rings. The second-order valence-electron chi connectivity index (χ2n) is 4.87. The largest absolute Gasteiger partial charge is 0.393 e. The number of nitrogens with zero attached hydrogens (tertiary/aromatic N) is 1. The monoisotopic (exact) mass is 270 g/mol. The molecule has 18 heavy (non-hydrogen) atoms. The molecular weight excluding hydrogens is 252 g/mol. The average molecular weight is 270 g/mol. The number of hydrogen-bond donors (Lipinski definition) is 2. The summed E-state index contributed by atoms with van der Waals surface area (Å²) in [6.45, 7) is 2.50. The lowest BCUT2D eigenvalue weighted by molar-refractivity contribution is -0.121. The molecule has 0 saturated heterocycles. The number of amides is 1. The van der Waals surface area contributed by atoms with E-state index < -0.39 is 0 Å². The summed E-state index contributed by atoms with van der Waals surface area (Å²) in [7, 11) is 0. The summed E-state index contributed by atoms with van der Waals surface area (Å²) in [5, 5.41) is 14.0. The van der Waals surface area contributed by atoms with Crippen LogP contribution >= 0.6 is 11.3 Å². The maximum atomic E-state index is 11.7. The Morgan fingerprint density at radius 3 is 2.94 bits per heavy atom. The summed E-state index contributed by atoms with van der Waals surface area (Å²) < 4.78 is 1.48. The number of aryl methyl sites for hydroxylation is 1. The Morgan fingerprint density at radius 1 is 1.61 bits per heavy atom. The highest BCUT2D eigenvalue weighted by atomic mass is 32.1. The number of rotatable bonds is 4. The van der Waals surface area contributed by atoms with Crippen molar-refractivity contribution < 1.29 is 9.90 Å². The number of thiazole rings is 1. The predicted molar refractivity (Wildman–Crippen MR) is 69.7 cm³/mol. The van der Waals surface area contributed by atoms with Gasteiger partial charge in [-0.05, 0) is 32.1 Å². The number of aliphatic hydroxyl groups excluding tert-OH is 1. The summed E-state index contributed by atoms with van der Waals surface area (Å²) in [5.74, 6) is 0.226. The second-order valence-corrected chi connectivity index (χ2v) is 5.69. The summed E-state index contributed by atoms with van der Waals surface area (Å²) in [6, 6.07) is 0. The molecule has 2 rings (SSSR count). The Balaban J connectivity index is 1.81. The van der Waals surface area contributed by atoms with Crippen LogP contribution in [-0.2, 0) is 11.3 Å². The Bertz CT molecular complexity index is 480. The van der Waals surface area contributed by atoms with Gasteiger partial charge in [-0.15, -0.1) is 0 Å². The van der Waals surface area contributed by atoms with Crippen LogP contribution in [0.2, 0.25) is 0 Å². The van der Waals surface area contributed by atoms with E-state index in [0.29, 0.717) is 12.5 Å². The molecule has 1 amide bonds. The van der Waals surface area contributed by atoms with Crippen molar-refractivity contribution in [1.82, 2.24) is 9.88 Å². The first-order chi connectivity index (χ1) is 8.56. The predicted octanol–water partition coefficient (Wildman–Crippen LogP) is 0.495. The van der Waals surface area contributed by atoms with E-state index in [4.69, 9.17) is 0 Å². The van der Waals surface area contributed by atoms with E-state index in [2.05, 4.69) is 5.32 Å². The third-order valence-electron chi connectivity index (χ3n) is 3.38. The highest BCUT2D eigenvalue weighted by molar-refractivity contribution is 7.07. The summed E-state index contributed by atoms with van der Waals surface area (Å²) in [4.78, 5) is 23.1. The van der Waals surface area contributed by atoms with Crippen LogP contribution in [0.5, 0.6) is 0 Å². The zero-order chi connectivity index (χ0) is 13.1. The average Bonchev–Trinajstić information content (AvgIpc) is 2.87. The van der Waals surface area contributed by atoms with Crippen LogP contribution in [0.3, 0.4) is 0 Å². The van der Waals surface area contributed by atoms with Crippen LogP contribution in [0.15, 0.2) is 10.2 Å². The van der Waals surface area contributed by atoms with Crippen LogP contribution in [0.1, 0.15) is 25.0 Å². The molecular formula is C12H18N2O3S. The van der Waals surface area contributed by atoms with Crippen LogP contribution in [0.4, 0.5) is 0 Å². The Morgan fingerprint density at radius 2 is 2.39 bits per heavy atom. The lowest BCUT2D eigenvalue weighted by atomic mass is 10.1. The van der Waals surface area contributed by atoms with Crippen LogP contribution in [0, 0.1) is 12.8 Å². The van der Waals surface area contributed by atoms with E-state index in [9.17, 15) is 14.7 Å². The number of hydrogen-bond acceptors (Lipinski definition) is 4. The van der Waals surface area contributed by atoms with E-state index in [1.165, 1.54) is 4.57 Å². The number of carbonyl (C=O) groups excluding carboxylic acids is 1. The first-order valence-corrected chi connectivity index (χ1v) is 7.04. The fraction of sp³-hybridized carbons (Fsp3) is 0.667. The van der Waals surface area contributed by atoms with E-state index in [1.807, 2.05) is 6.92 Å². The third kappa shape index (κ3) is 3.20. The quantitative estimate of drug-likeness (QED) is 0.836. The van der Waals surface area contributed by atoms with E-state index >= 15 is 0 Å². The summed E-state index contributed by atoms with van der Waals surface area (Å²) in [6.07, 6.45) is 2.33. The van der Waals surface area contributed by atoms with Crippen molar-refractivity contribution in [2.45, 2.75) is 38.8 Å². The normalized spacial score (nSPS) is 23.2. The molecule has 6 heteroatoms. The SMILES string of the molecule is Cc1csc(=O)n1CC(=O)NCC1CCC(O)C1. The molecule has 1 aliphatic carbocycles. The first kappa shape index (κ1) is 13.3. The van der Waals surface area contributed by atoms with Gasteiger partial charge in [0.05, 0.1) is 6.10 Å². The first-order valence-electron chi connectivity index (χ1n) is 6.16. The molecule has 1 aromatic rings. The maximum Gasteiger partial charge on any atom is 0.307 e. The van der Waals surface area contributed by atoms with Crippen molar-refractivity contribution in [3.05, 3.63) is 20.7 Å². The topological polar surface area (TPSA) is 71.3 Å². The van der Waals surface area contributed by atoms with Crippen LogP contribution in [-0.4, -0.2) is 28.2 Å². The molecule has 1 aromatic heterocycles. The van der Waals surface area contributed by atoms with E-state index in [1.54, 1.807) is 5.38 Å². The third-order valence-corrected chi connectivity index (χ3v) is 4.26. The number of aromatic nitrogens is 1. The van der Waals surface area contributed by atoms with Crippen molar-refractivity contribution >= 4 is 17.2 Å². The van der Waals surface area contributed by atoms with E-state index in [-0.39, 0.29) is 23.4 Å². The molecule has 2 N–H and O–H groups in total. The molecule has 5 nitrogen and oxygen atoms in total. The minimum Gasteiger partial charge on any atom is -0.393 e. The summed E-state index contributed by atoms with van der Waals surface area (Å²) >= 11 is 1.11. The lowest BCUT2D eigenvalue weighted by Crippen LogP contribution is -2.34. The molecule has 2 atom stereocenters. The number of carbonyl (C=O) groups is 1. The van der Waals surface area contributed by atoms with Gasteiger partial charge in [0.1, 0.15) is 6.54 Å². The van der Waals surface area contributed by atoms with Gasteiger partial charge in [0.25, 0.3) is 0 Å². The van der Waals surface area contributed by atoms with Crippen molar-refractivity contribution in [2.75, 3.05) is 6.54 Å². The molecule has 0 bridgehead atoms. The Kier molecular flexibility index (Phi) is 4.19. The van der Waals surface area contributed by atoms with Gasteiger partial charge in [0.15, 0.2) is 0 Å². The van der Waals surface area contributed by atoms with Crippen LogP contribution < -0.4 is 10.2 Å². The van der Waals surface area contributed by atoms with Crippen molar-refractivity contribution in [1.29, 1.82) is 0 Å². The Labute approximate surface area is 109 Å². The Hall–Kier alpha value is -1.14. The summed E-state index contributed by atoms with van der Waals surface area (Å²) in [5.41, 5.74) is 0.816.